The van der Waals surface area contributed by atoms with Crippen LogP contribution in [0.2, 0.25) is 0 Å². The zero-order valence-electron chi connectivity index (χ0n) is 20.7. The number of benzene rings is 3. The molecule has 0 amide bonds. The van der Waals surface area contributed by atoms with Gasteiger partial charge in [0.25, 0.3) is 0 Å². The fraction of sp³-hybridized carbons (Fsp3) is 0.200. The zero-order valence-corrected chi connectivity index (χ0v) is 20.7. The maximum Gasteiger partial charge on any atom is 0.336 e. The largest absolute Gasteiger partial charge is 0.497 e. The average Bonchev–Trinajstić information content (AvgIpc) is 2.86. The minimum absolute atomic E-state index is 0.0138. The number of carbonyl (C=O) groups excluding carboxylic acids is 1. The molecule has 0 spiro atoms. The molecule has 2 N–H and O–H groups in total. The number of rotatable bonds is 5. The quantitative estimate of drug-likeness (QED) is 0.280. The van der Waals surface area contributed by atoms with Crippen LogP contribution in [-0.2, 0) is 10.2 Å². The van der Waals surface area contributed by atoms with Crippen molar-refractivity contribution in [1.82, 2.24) is 0 Å². The van der Waals surface area contributed by atoms with Crippen LogP contribution in [0.1, 0.15) is 48.9 Å². The van der Waals surface area contributed by atoms with Gasteiger partial charge in [-0.05, 0) is 46.4 Å². The minimum atomic E-state index is -0.517. The van der Waals surface area contributed by atoms with Crippen molar-refractivity contribution >= 4 is 12.0 Å². The van der Waals surface area contributed by atoms with Gasteiger partial charge in [-0.3, -0.25) is 0 Å². The molecule has 1 heterocycles. The molecule has 0 radical (unpaired) electrons. The molecule has 0 bridgehead atoms. The lowest BCUT2D eigenvalue weighted by Crippen LogP contribution is -2.21. The predicted octanol–water partition coefficient (Wildman–Crippen LogP) is 5.83. The lowest BCUT2D eigenvalue weighted by Gasteiger charge is -2.26. The third-order valence-electron chi connectivity index (χ3n) is 6.02. The van der Waals surface area contributed by atoms with Crippen LogP contribution in [0.3, 0.4) is 0 Å². The molecule has 0 aliphatic carbocycles. The van der Waals surface area contributed by atoms with E-state index in [1.165, 1.54) is 11.6 Å². The molecule has 6 nitrogen and oxygen atoms in total. The Bertz CT molecular complexity index is 1390. The van der Waals surface area contributed by atoms with Crippen LogP contribution in [0.5, 0.6) is 17.2 Å². The van der Waals surface area contributed by atoms with Crippen molar-refractivity contribution in [3.63, 3.8) is 0 Å². The summed E-state index contributed by atoms with van der Waals surface area (Å²) in [5, 5.41) is 9.75. The Balaban J connectivity index is 1.55. The summed E-state index contributed by atoms with van der Waals surface area (Å²) < 4.78 is 16.6. The Morgan fingerprint density at radius 1 is 1.06 bits per heavy atom. The van der Waals surface area contributed by atoms with Crippen molar-refractivity contribution in [1.29, 1.82) is 5.26 Å². The van der Waals surface area contributed by atoms with Crippen LogP contribution in [0.4, 0.5) is 0 Å². The molecule has 3 aromatic carbocycles. The van der Waals surface area contributed by atoms with E-state index in [2.05, 4.69) is 39.0 Å². The first kappa shape index (κ1) is 24.6. The Hall–Kier alpha value is -4.50. The van der Waals surface area contributed by atoms with Gasteiger partial charge in [-0.2, -0.15) is 5.26 Å². The Morgan fingerprint density at radius 3 is 2.47 bits per heavy atom. The van der Waals surface area contributed by atoms with Crippen LogP contribution >= 0.6 is 0 Å². The summed E-state index contributed by atoms with van der Waals surface area (Å²) in [6.45, 7) is 6.46. The zero-order chi connectivity index (χ0) is 25.9. The summed E-state index contributed by atoms with van der Waals surface area (Å²) in [5.41, 5.74) is 10.2. The van der Waals surface area contributed by atoms with Gasteiger partial charge in [0.15, 0.2) is 0 Å². The maximum atomic E-state index is 12.5. The van der Waals surface area contributed by atoms with Crippen LogP contribution in [0.25, 0.3) is 6.08 Å². The number of methoxy groups -OCH3 is 1. The highest BCUT2D eigenvalue weighted by atomic mass is 16.5. The van der Waals surface area contributed by atoms with Crippen LogP contribution in [0.15, 0.2) is 84.3 Å². The molecule has 1 atom stereocenters. The Morgan fingerprint density at radius 2 is 1.81 bits per heavy atom. The molecule has 0 aromatic heterocycles. The summed E-state index contributed by atoms with van der Waals surface area (Å²) >= 11 is 0. The smallest absolute Gasteiger partial charge is 0.336 e. The van der Waals surface area contributed by atoms with Gasteiger partial charge in [-0.15, -0.1) is 0 Å². The molecule has 0 fully saturated rings. The number of esters is 1. The van der Waals surface area contributed by atoms with Crippen molar-refractivity contribution in [2.75, 3.05) is 7.11 Å². The number of carbonyl (C=O) groups is 1. The number of nitrogens with two attached hydrogens (primary N) is 1. The second kappa shape index (κ2) is 10.0. The van der Waals surface area contributed by atoms with Gasteiger partial charge in [-0.1, -0.05) is 63.2 Å². The average molecular weight is 481 g/mol. The van der Waals surface area contributed by atoms with E-state index < -0.39 is 11.9 Å². The second-order valence-electron chi connectivity index (χ2n) is 9.53. The van der Waals surface area contributed by atoms with Crippen molar-refractivity contribution in [2.45, 2.75) is 32.1 Å². The Kier molecular flexibility index (Phi) is 6.84. The monoisotopic (exact) mass is 480 g/mol. The SMILES string of the molecule is COc1cccc(C2C(C#N)=C(N)Oc3cc(OC(=O)/C=C/c4ccc(C(C)(C)C)cc4)ccc32)c1. The van der Waals surface area contributed by atoms with Crippen molar-refractivity contribution in [3.05, 3.63) is 107 Å². The van der Waals surface area contributed by atoms with E-state index >= 15 is 0 Å². The first-order valence-electron chi connectivity index (χ1n) is 11.6. The number of nitrogens with zero attached hydrogens (tertiary/aromatic N) is 1. The molecule has 36 heavy (non-hydrogen) atoms. The van der Waals surface area contributed by atoms with Gasteiger partial charge >= 0.3 is 5.97 Å². The number of hydrogen-bond donors (Lipinski definition) is 1. The third-order valence-corrected chi connectivity index (χ3v) is 6.02. The maximum absolute atomic E-state index is 12.5. The van der Waals surface area contributed by atoms with Crippen LogP contribution in [-0.4, -0.2) is 13.1 Å². The van der Waals surface area contributed by atoms with Crippen LogP contribution < -0.4 is 19.9 Å². The molecular formula is C30H28N2O4. The van der Waals surface area contributed by atoms with E-state index in [9.17, 15) is 10.1 Å². The Labute approximate surface area is 211 Å². The first-order chi connectivity index (χ1) is 17.2. The normalized spacial score (nSPS) is 15.1. The molecule has 3 aromatic rings. The van der Waals surface area contributed by atoms with E-state index in [4.69, 9.17) is 19.9 Å². The highest BCUT2D eigenvalue weighted by Gasteiger charge is 2.31. The topological polar surface area (TPSA) is 94.6 Å². The lowest BCUT2D eigenvalue weighted by atomic mass is 9.83. The van der Waals surface area contributed by atoms with Crippen molar-refractivity contribution in [2.24, 2.45) is 5.73 Å². The summed E-state index contributed by atoms with van der Waals surface area (Å²) in [4.78, 5) is 12.5. The van der Waals surface area contributed by atoms with Gasteiger partial charge in [0.05, 0.1) is 13.0 Å². The van der Waals surface area contributed by atoms with Gasteiger partial charge < -0.3 is 19.9 Å². The second-order valence-corrected chi connectivity index (χ2v) is 9.53. The summed E-state index contributed by atoms with van der Waals surface area (Å²) in [5.74, 6) is 0.461. The molecule has 0 saturated heterocycles. The molecule has 182 valence electrons. The standard InChI is InChI=1S/C30H28N2O4/c1-30(2,3)21-11-8-19(9-12-21)10-15-27(33)35-23-13-14-24-26(17-23)36-29(32)25(18-31)28(24)20-6-5-7-22(16-20)34-4/h5-17,28H,32H2,1-4H3/b15-10+. The molecule has 0 saturated carbocycles. The van der Waals surface area contributed by atoms with E-state index in [0.717, 1.165) is 16.7 Å². The van der Waals surface area contributed by atoms with Gasteiger partial charge in [0.1, 0.15) is 28.9 Å². The summed E-state index contributed by atoms with van der Waals surface area (Å²) in [6.07, 6.45) is 3.09. The number of nitriles is 1. The molecule has 1 aliphatic rings. The van der Waals surface area contributed by atoms with Crippen molar-refractivity contribution in [3.8, 4) is 23.3 Å². The van der Waals surface area contributed by atoms with Gasteiger partial charge in [0.2, 0.25) is 5.88 Å². The number of hydrogen-bond acceptors (Lipinski definition) is 6. The molecule has 1 unspecified atom stereocenters. The van der Waals surface area contributed by atoms with Gasteiger partial charge in [-0.25, -0.2) is 4.79 Å². The molecule has 4 rings (SSSR count). The number of allylic oxidation sites excluding steroid dienone is 1. The van der Waals surface area contributed by atoms with Gasteiger partial charge in [0, 0.05) is 17.7 Å². The molecular weight excluding hydrogens is 452 g/mol. The number of fused-ring (bicyclic) bond motifs is 1. The third kappa shape index (κ3) is 5.26. The highest BCUT2D eigenvalue weighted by Crippen LogP contribution is 2.44. The first-order valence-corrected chi connectivity index (χ1v) is 11.6. The fourth-order valence-electron chi connectivity index (χ4n) is 4.07. The molecule has 1 aliphatic heterocycles. The summed E-state index contributed by atoms with van der Waals surface area (Å²) in [6, 6.07) is 22.7. The van der Waals surface area contributed by atoms with E-state index in [1.54, 1.807) is 31.4 Å². The molecule has 6 heteroatoms. The van der Waals surface area contributed by atoms with Crippen LogP contribution in [0, 0.1) is 11.3 Å². The highest BCUT2D eigenvalue weighted by molar-refractivity contribution is 5.88. The van der Waals surface area contributed by atoms with E-state index in [0.29, 0.717) is 22.8 Å². The van der Waals surface area contributed by atoms with E-state index in [-0.39, 0.29) is 11.3 Å². The number of ether oxygens (including phenoxy) is 3. The minimum Gasteiger partial charge on any atom is -0.497 e. The van der Waals surface area contributed by atoms with Crippen molar-refractivity contribution < 1.29 is 19.0 Å². The summed E-state index contributed by atoms with van der Waals surface area (Å²) in [7, 11) is 1.59. The van der Waals surface area contributed by atoms with E-state index in [1.807, 2.05) is 36.4 Å². The lowest BCUT2D eigenvalue weighted by molar-refractivity contribution is -0.128. The predicted molar refractivity (Wildman–Crippen MR) is 139 cm³/mol. The fourth-order valence-corrected chi connectivity index (χ4v) is 4.07.